The molecule has 0 aromatic heterocycles. The van der Waals surface area contributed by atoms with Crippen LogP contribution in [0.4, 0.5) is 0 Å². The summed E-state index contributed by atoms with van der Waals surface area (Å²) in [7, 11) is 0. The van der Waals surface area contributed by atoms with E-state index in [1.807, 2.05) is 60.7 Å². The van der Waals surface area contributed by atoms with Gasteiger partial charge in [-0.15, -0.1) is 0 Å². The molecule has 2 atom stereocenters. The Kier molecular flexibility index (Phi) is 11.5. The van der Waals surface area contributed by atoms with Gasteiger partial charge in [0, 0.05) is 5.57 Å². The van der Waals surface area contributed by atoms with Crippen LogP contribution in [-0.4, -0.2) is 22.2 Å². The molecule has 4 heteroatoms. The Hall–Kier alpha value is -2.88. The number of benzene rings is 2. The highest BCUT2D eigenvalue weighted by atomic mass is 16.4. The van der Waals surface area contributed by atoms with Crippen LogP contribution in [0.2, 0.25) is 0 Å². The van der Waals surface area contributed by atoms with Crippen LogP contribution in [-0.2, 0) is 9.59 Å². The lowest BCUT2D eigenvalue weighted by atomic mass is 9.75. The summed E-state index contributed by atoms with van der Waals surface area (Å²) in [5, 5.41) is 18.3. The monoisotopic (exact) mass is 438 g/mol. The van der Waals surface area contributed by atoms with E-state index in [4.69, 9.17) is 10.2 Å². The molecular weight excluding hydrogens is 400 g/mol. The van der Waals surface area contributed by atoms with E-state index in [1.165, 1.54) is 5.56 Å². The Balaban J connectivity index is 0.000000301. The van der Waals surface area contributed by atoms with E-state index in [9.17, 15) is 9.59 Å². The number of hydrogen-bond donors (Lipinski definition) is 2. The molecule has 4 rings (SSSR count). The summed E-state index contributed by atoms with van der Waals surface area (Å²) in [4.78, 5) is 22.2. The molecule has 0 amide bonds. The van der Waals surface area contributed by atoms with Crippen molar-refractivity contribution >= 4 is 17.5 Å². The van der Waals surface area contributed by atoms with Crippen LogP contribution in [0.25, 0.3) is 5.57 Å². The van der Waals surface area contributed by atoms with E-state index in [0.29, 0.717) is 12.0 Å². The Labute approximate surface area is 193 Å². The van der Waals surface area contributed by atoms with Gasteiger partial charge in [-0.25, -0.2) is 4.79 Å². The number of carbonyl (C=O) groups is 2. The SMILES string of the molecule is C.C.O=C(O)C1=C(c2ccccc2)CCCC1.O=C(O)C1CCCCC1c1ccccc1. The molecule has 2 aromatic carbocycles. The van der Waals surface area contributed by atoms with Gasteiger partial charge in [0.2, 0.25) is 0 Å². The minimum Gasteiger partial charge on any atom is -0.481 e. The molecule has 0 heterocycles. The summed E-state index contributed by atoms with van der Waals surface area (Å²) in [5.41, 5.74) is 3.88. The molecular formula is C28H38O4. The normalized spacial score (nSPS) is 20.0. The molecule has 0 bridgehead atoms. The second-order valence-corrected chi connectivity index (χ2v) is 8.08. The van der Waals surface area contributed by atoms with Crippen molar-refractivity contribution in [2.45, 2.75) is 72.1 Å². The third-order valence-corrected chi connectivity index (χ3v) is 6.16. The van der Waals surface area contributed by atoms with Gasteiger partial charge in [0.05, 0.1) is 5.92 Å². The van der Waals surface area contributed by atoms with Crippen molar-refractivity contribution in [3.05, 3.63) is 77.4 Å². The second-order valence-electron chi connectivity index (χ2n) is 8.08. The Morgan fingerprint density at radius 2 is 1.28 bits per heavy atom. The summed E-state index contributed by atoms with van der Waals surface area (Å²) in [6.07, 6.45) is 7.75. The summed E-state index contributed by atoms with van der Waals surface area (Å²) in [5.74, 6) is -1.35. The van der Waals surface area contributed by atoms with Gasteiger partial charge in [0.25, 0.3) is 0 Å². The Bertz CT molecular complexity index is 871. The zero-order chi connectivity index (χ0) is 21.3. The van der Waals surface area contributed by atoms with Crippen LogP contribution in [0.15, 0.2) is 66.2 Å². The highest BCUT2D eigenvalue weighted by Gasteiger charge is 2.31. The van der Waals surface area contributed by atoms with Gasteiger partial charge < -0.3 is 10.2 Å². The van der Waals surface area contributed by atoms with E-state index in [-0.39, 0.29) is 26.7 Å². The molecule has 174 valence electrons. The fourth-order valence-corrected chi connectivity index (χ4v) is 4.62. The number of aliphatic carboxylic acids is 2. The number of allylic oxidation sites excluding steroid dienone is 1. The van der Waals surface area contributed by atoms with Gasteiger partial charge in [-0.3, -0.25) is 4.79 Å². The maximum Gasteiger partial charge on any atom is 0.331 e. The first-order valence-electron chi connectivity index (χ1n) is 10.9. The number of carboxylic acids is 2. The lowest BCUT2D eigenvalue weighted by molar-refractivity contribution is -0.143. The molecule has 2 unspecified atom stereocenters. The van der Waals surface area contributed by atoms with E-state index < -0.39 is 11.9 Å². The van der Waals surface area contributed by atoms with Crippen LogP contribution in [0.3, 0.4) is 0 Å². The minimum absolute atomic E-state index is 0. The maximum absolute atomic E-state index is 11.1. The van der Waals surface area contributed by atoms with Gasteiger partial charge in [0.1, 0.15) is 0 Å². The van der Waals surface area contributed by atoms with Crippen molar-refractivity contribution in [2.75, 3.05) is 0 Å². The quantitative estimate of drug-likeness (QED) is 0.521. The number of hydrogen-bond acceptors (Lipinski definition) is 2. The van der Waals surface area contributed by atoms with E-state index >= 15 is 0 Å². The maximum atomic E-state index is 11.1. The molecule has 0 spiro atoms. The van der Waals surface area contributed by atoms with E-state index in [2.05, 4.69) is 0 Å². The highest BCUT2D eigenvalue weighted by molar-refractivity contribution is 5.96. The fourth-order valence-electron chi connectivity index (χ4n) is 4.62. The number of rotatable bonds is 4. The van der Waals surface area contributed by atoms with Gasteiger partial charge >= 0.3 is 11.9 Å². The highest BCUT2D eigenvalue weighted by Crippen LogP contribution is 2.37. The molecule has 0 aliphatic heterocycles. The van der Waals surface area contributed by atoms with Crippen molar-refractivity contribution in [1.29, 1.82) is 0 Å². The molecule has 1 saturated carbocycles. The average Bonchev–Trinajstić information content (AvgIpc) is 2.80. The fraction of sp³-hybridized carbons (Fsp3) is 0.429. The summed E-state index contributed by atoms with van der Waals surface area (Å²) >= 11 is 0. The largest absolute Gasteiger partial charge is 0.481 e. The van der Waals surface area contributed by atoms with Crippen molar-refractivity contribution in [2.24, 2.45) is 5.92 Å². The van der Waals surface area contributed by atoms with Gasteiger partial charge in [0.15, 0.2) is 0 Å². The van der Waals surface area contributed by atoms with Gasteiger partial charge in [-0.05, 0) is 61.1 Å². The topological polar surface area (TPSA) is 74.6 Å². The summed E-state index contributed by atoms with van der Waals surface area (Å²) in [6, 6.07) is 19.9. The molecule has 2 N–H and O–H groups in total. The lowest BCUT2D eigenvalue weighted by Crippen LogP contribution is -2.25. The Morgan fingerprint density at radius 3 is 1.88 bits per heavy atom. The first kappa shape index (κ1) is 27.2. The van der Waals surface area contributed by atoms with Crippen LogP contribution < -0.4 is 0 Å². The molecule has 4 nitrogen and oxygen atoms in total. The summed E-state index contributed by atoms with van der Waals surface area (Å²) in [6.45, 7) is 0. The third-order valence-electron chi connectivity index (χ3n) is 6.16. The summed E-state index contributed by atoms with van der Waals surface area (Å²) < 4.78 is 0. The predicted octanol–water partition coefficient (Wildman–Crippen LogP) is 7.42. The van der Waals surface area contributed by atoms with Crippen LogP contribution in [0.1, 0.15) is 83.3 Å². The molecule has 32 heavy (non-hydrogen) atoms. The standard InChI is InChI=1S/C13H16O2.C13H14O2.2CH4/c2*14-13(15)12-9-5-4-8-11(12)10-6-2-1-3-7-10;;/h1-3,6-7,11-12H,4-5,8-9H2,(H,14,15);1-3,6-7H,4-5,8-9H2,(H,14,15);2*1H4. The second kappa shape index (κ2) is 13.5. The molecule has 0 radical (unpaired) electrons. The molecule has 2 aromatic rings. The van der Waals surface area contributed by atoms with E-state index in [0.717, 1.165) is 56.1 Å². The first-order chi connectivity index (χ1) is 14.6. The molecule has 2 aliphatic rings. The molecule has 1 fully saturated rings. The van der Waals surface area contributed by atoms with Gasteiger partial charge in [-0.1, -0.05) is 88.4 Å². The smallest absolute Gasteiger partial charge is 0.331 e. The van der Waals surface area contributed by atoms with Crippen LogP contribution >= 0.6 is 0 Å². The zero-order valence-electron chi connectivity index (χ0n) is 17.3. The van der Waals surface area contributed by atoms with Gasteiger partial charge in [-0.2, -0.15) is 0 Å². The van der Waals surface area contributed by atoms with Crippen molar-refractivity contribution in [3.63, 3.8) is 0 Å². The zero-order valence-corrected chi connectivity index (χ0v) is 17.3. The van der Waals surface area contributed by atoms with Crippen molar-refractivity contribution in [3.8, 4) is 0 Å². The van der Waals surface area contributed by atoms with Crippen LogP contribution in [0.5, 0.6) is 0 Å². The lowest BCUT2D eigenvalue weighted by Gasteiger charge is -2.28. The van der Waals surface area contributed by atoms with Crippen LogP contribution in [0, 0.1) is 5.92 Å². The average molecular weight is 439 g/mol. The molecule has 2 aliphatic carbocycles. The first-order valence-corrected chi connectivity index (χ1v) is 10.9. The number of carboxylic acid groups (broad SMARTS) is 2. The predicted molar refractivity (Wildman–Crippen MR) is 132 cm³/mol. The third kappa shape index (κ3) is 7.08. The van der Waals surface area contributed by atoms with Crippen molar-refractivity contribution in [1.82, 2.24) is 0 Å². The molecule has 0 saturated heterocycles. The minimum atomic E-state index is -0.756. The Morgan fingerprint density at radius 1 is 0.719 bits per heavy atom. The van der Waals surface area contributed by atoms with E-state index in [1.54, 1.807) is 0 Å². The van der Waals surface area contributed by atoms with Crippen molar-refractivity contribution < 1.29 is 19.8 Å².